The number of nitrogens with one attached hydrogen (secondary N) is 1. The molecule has 1 saturated heterocycles. The number of anilines is 1. The summed E-state index contributed by atoms with van der Waals surface area (Å²) in [5.74, 6) is -0.373. The maximum Gasteiger partial charge on any atom is 0.322 e. The highest BCUT2D eigenvalue weighted by Gasteiger charge is 2.32. The van der Waals surface area contributed by atoms with E-state index in [0.29, 0.717) is 13.0 Å². The summed E-state index contributed by atoms with van der Waals surface area (Å²) in [5.41, 5.74) is 0. The van der Waals surface area contributed by atoms with Gasteiger partial charge in [0.1, 0.15) is 6.04 Å². The van der Waals surface area contributed by atoms with Crippen molar-refractivity contribution in [3.05, 3.63) is 5.28 Å². The van der Waals surface area contributed by atoms with E-state index in [4.69, 9.17) is 16.3 Å². The first-order chi connectivity index (χ1) is 9.51. The first-order valence-corrected chi connectivity index (χ1v) is 6.50. The van der Waals surface area contributed by atoms with E-state index in [9.17, 15) is 9.59 Å². The Morgan fingerprint density at radius 1 is 1.40 bits per heavy atom. The van der Waals surface area contributed by atoms with Crippen molar-refractivity contribution in [2.24, 2.45) is 0 Å². The number of likely N-dealkylation sites (N-methyl/N-ethyl adjacent to an activating group) is 1. The molecule has 8 nitrogen and oxygen atoms in total. The van der Waals surface area contributed by atoms with Crippen LogP contribution in [0.1, 0.15) is 19.8 Å². The SMILES string of the molecule is CCOc1nc(Cl)nc(NC2CCC(=O)N(C)C2=O)n1. The van der Waals surface area contributed by atoms with Gasteiger partial charge >= 0.3 is 6.01 Å². The number of ether oxygens (including phenoxy) is 1. The second kappa shape index (κ2) is 6.00. The molecule has 1 aromatic rings. The summed E-state index contributed by atoms with van der Waals surface area (Å²) < 4.78 is 5.15. The minimum atomic E-state index is -0.564. The lowest BCUT2D eigenvalue weighted by molar-refractivity contribution is -0.146. The third-order valence-corrected chi connectivity index (χ3v) is 2.98. The molecule has 9 heteroatoms. The van der Waals surface area contributed by atoms with Crippen LogP contribution in [0.25, 0.3) is 0 Å². The maximum atomic E-state index is 11.9. The van der Waals surface area contributed by atoms with Crippen molar-refractivity contribution < 1.29 is 14.3 Å². The van der Waals surface area contributed by atoms with E-state index < -0.39 is 6.04 Å². The summed E-state index contributed by atoms with van der Waals surface area (Å²) in [6.07, 6.45) is 0.673. The van der Waals surface area contributed by atoms with Crippen LogP contribution in [0.3, 0.4) is 0 Å². The third-order valence-electron chi connectivity index (χ3n) is 2.81. The van der Waals surface area contributed by atoms with E-state index in [-0.39, 0.29) is 35.5 Å². The Morgan fingerprint density at radius 2 is 2.15 bits per heavy atom. The van der Waals surface area contributed by atoms with Gasteiger partial charge in [-0.05, 0) is 24.9 Å². The van der Waals surface area contributed by atoms with Crippen LogP contribution >= 0.6 is 11.6 Å². The van der Waals surface area contributed by atoms with Crippen molar-refractivity contribution in [3.8, 4) is 6.01 Å². The standard InChI is InChI=1S/C11H14ClN5O3/c1-3-20-11-15-9(12)14-10(16-11)13-6-4-5-7(18)17(2)8(6)19/h6H,3-5H2,1-2H3,(H,13,14,15,16). The summed E-state index contributed by atoms with van der Waals surface area (Å²) in [5, 5.41) is 2.82. The molecule has 1 fully saturated rings. The van der Waals surface area contributed by atoms with Crippen molar-refractivity contribution in [2.75, 3.05) is 19.0 Å². The molecule has 2 amide bonds. The number of piperidine rings is 1. The van der Waals surface area contributed by atoms with Crippen molar-refractivity contribution in [2.45, 2.75) is 25.8 Å². The highest BCUT2D eigenvalue weighted by molar-refractivity contribution is 6.28. The Kier molecular flexibility index (Phi) is 4.33. The molecule has 0 aromatic carbocycles. The lowest BCUT2D eigenvalue weighted by Gasteiger charge is -2.28. The van der Waals surface area contributed by atoms with Crippen LogP contribution in [0.4, 0.5) is 5.95 Å². The number of hydrogen-bond donors (Lipinski definition) is 1. The molecule has 108 valence electrons. The monoisotopic (exact) mass is 299 g/mol. The number of halogens is 1. The maximum absolute atomic E-state index is 11.9. The summed E-state index contributed by atoms with van der Waals surface area (Å²) in [4.78, 5) is 36.1. The van der Waals surface area contributed by atoms with E-state index in [2.05, 4.69) is 20.3 Å². The zero-order valence-corrected chi connectivity index (χ0v) is 11.8. The first kappa shape index (κ1) is 14.4. The third kappa shape index (κ3) is 3.13. The molecule has 1 aromatic heterocycles. The largest absolute Gasteiger partial charge is 0.464 e. The van der Waals surface area contributed by atoms with Gasteiger partial charge < -0.3 is 10.1 Å². The fourth-order valence-corrected chi connectivity index (χ4v) is 1.95. The van der Waals surface area contributed by atoms with Gasteiger partial charge in [0.05, 0.1) is 6.61 Å². The van der Waals surface area contributed by atoms with Crippen LogP contribution in [0.5, 0.6) is 6.01 Å². The lowest BCUT2D eigenvalue weighted by Crippen LogP contribution is -2.48. The molecule has 1 atom stereocenters. The van der Waals surface area contributed by atoms with E-state index >= 15 is 0 Å². The normalized spacial score (nSPS) is 19.1. The Morgan fingerprint density at radius 3 is 2.85 bits per heavy atom. The number of rotatable bonds is 4. The molecule has 1 unspecified atom stereocenters. The van der Waals surface area contributed by atoms with E-state index in [1.807, 2.05) is 0 Å². The zero-order valence-electron chi connectivity index (χ0n) is 11.1. The molecule has 2 heterocycles. The number of imide groups is 1. The molecule has 1 N–H and O–H groups in total. The molecule has 0 bridgehead atoms. The fraction of sp³-hybridized carbons (Fsp3) is 0.545. The average Bonchev–Trinajstić information content (AvgIpc) is 2.39. The van der Waals surface area contributed by atoms with E-state index in [1.54, 1.807) is 6.92 Å². The summed E-state index contributed by atoms with van der Waals surface area (Å²) in [6.45, 7) is 2.18. The van der Waals surface area contributed by atoms with Gasteiger partial charge in [0.15, 0.2) is 0 Å². The van der Waals surface area contributed by atoms with Crippen LogP contribution in [-0.2, 0) is 9.59 Å². The molecule has 0 aliphatic carbocycles. The molecular formula is C11H14ClN5O3. The topological polar surface area (TPSA) is 97.3 Å². The minimum Gasteiger partial charge on any atom is -0.464 e. The van der Waals surface area contributed by atoms with Gasteiger partial charge in [-0.25, -0.2) is 0 Å². The second-order valence-electron chi connectivity index (χ2n) is 4.17. The Labute approximate surface area is 120 Å². The smallest absolute Gasteiger partial charge is 0.322 e. The van der Waals surface area contributed by atoms with Crippen molar-refractivity contribution in [1.29, 1.82) is 0 Å². The Balaban J connectivity index is 2.13. The number of carbonyl (C=O) groups is 2. The number of aromatic nitrogens is 3. The second-order valence-corrected chi connectivity index (χ2v) is 4.51. The number of amides is 2. The average molecular weight is 300 g/mol. The molecule has 0 spiro atoms. The number of carbonyl (C=O) groups excluding carboxylic acids is 2. The molecule has 0 saturated carbocycles. The van der Waals surface area contributed by atoms with Gasteiger partial charge in [-0.3, -0.25) is 14.5 Å². The molecule has 0 radical (unpaired) electrons. The number of hydrogen-bond acceptors (Lipinski definition) is 7. The minimum absolute atomic E-state index is 0.0290. The molecule has 1 aliphatic rings. The van der Waals surface area contributed by atoms with Crippen LogP contribution in [0.2, 0.25) is 5.28 Å². The van der Waals surface area contributed by atoms with Gasteiger partial charge in [0.2, 0.25) is 17.1 Å². The first-order valence-electron chi connectivity index (χ1n) is 6.12. The molecule has 20 heavy (non-hydrogen) atoms. The highest BCUT2D eigenvalue weighted by Crippen LogP contribution is 2.17. The van der Waals surface area contributed by atoms with Crippen LogP contribution in [0.15, 0.2) is 0 Å². The summed E-state index contributed by atoms with van der Waals surface area (Å²) >= 11 is 5.76. The summed E-state index contributed by atoms with van der Waals surface area (Å²) in [7, 11) is 1.45. The van der Waals surface area contributed by atoms with Crippen molar-refractivity contribution in [1.82, 2.24) is 19.9 Å². The van der Waals surface area contributed by atoms with Gasteiger partial charge in [-0.15, -0.1) is 0 Å². The quantitative estimate of drug-likeness (QED) is 0.808. The van der Waals surface area contributed by atoms with Gasteiger partial charge in [-0.1, -0.05) is 0 Å². The fourth-order valence-electron chi connectivity index (χ4n) is 1.80. The highest BCUT2D eigenvalue weighted by atomic mass is 35.5. The van der Waals surface area contributed by atoms with E-state index in [1.165, 1.54) is 7.05 Å². The van der Waals surface area contributed by atoms with Gasteiger partial charge in [-0.2, -0.15) is 15.0 Å². The van der Waals surface area contributed by atoms with Crippen molar-refractivity contribution in [3.63, 3.8) is 0 Å². The van der Waals surface area contributed by atoms with Crippen LogP contribution in [0, 0.1) is 0 Å². The van der Waals surface area contributed by atoms with E-state index in [0.717, 1.165) is 4.90 Å². The molecule has 2 rings (SSSR count). The van der Waals surface area contributed by atoms with Crippen molar-refractivity contribution >= 4 is 29.4 Å². The molecular weight excluding hydrogens is 286 g/mol. The van der Waals surface area contributed by atoms with Crippen LogP contribution in [-0.4, -0.2) is 51.4 Å². The lowest BCUT2D eigenvalue weighted by atomic mass is 10.1. The Hall–Kier alpha value is -1.96. The van der Waals surface area contributed by atoms with Gasteiger partial charge in [0.25, 0.3) is 5.91 Å². The number of likely N-dealkylation sites (tertiary alicyclic amines) is 1. The predicted molar refractivity (Wildman–Crippen MR) is 70.4 cm³/mol. The number of nitrogens with zero attached hydrogens (tertiary/aromatic N) is 4. The van der Waals surface area contributed by atoms with Gasteiger partial charge in [0, 0.05) is 13.5 Å². The zero-order chi connectivity index (χ0) is 14.7. The Bertz CT molecular complexity index is 539. The molecule has 1 aliphatic heterocycles. The predicted octanol–water partition coefficient (Wildman–Crippen LogP) is 0.483. The summed E-state index contributed by atoms with van der Waals surface area (Å²) in [6, 6.07) is -0.478. The van der Waals surface area contributed by atoms with Crippen LogP contribution < -0.4 is 10.1 Å².